The molecule has 0 unspecified atom stereocenters. The van der Waals surface area contributed by atoms with E-state index in [-0.39, 0.29) is 5.01 Å². The molecule has 0 aliphatic heterocycles. The number of nitrogens with one attached hydrogen (secondary N) is 1. The highest BCUT2D eigenvalue weighted by Crippen LogP contribution is 2.19. The Labute approximate surface area is 116 Å². The van der Waals surface area contributed by atoms with Crippen LogP contribution in [-0.4, -0.2) is 45.0 Å². The molecule has 2 amide bonds. The first-order chi connectivity index (χ1) is 9.75. The number of rotatable bonds is 2. The van der Waals surface area contributed by atoms with E-state index in [4.69, 9.17) is 15.3 Å². The molecule has 0 fully saturated rings. The van der Waals surface area contributed by atoms with Gasteiger partial charge in [0.2, 0.25) is 0 Å². The van der Waals surface area contributed by atoms with Gasteiger partial charge in [-0.2, -0.15) is 0 Å². The molecule has 0 bridgehead atoms. The van der Waals surface area contributed by atoms with Gasteiger partial charge >= 0.3 is 29.7 Å². The number of hydrogen-bond donors (Lipinski definition) is 4. The van der Waals surface area contributed by atoms with E-state index in [0.29, 0.717) is 0 Å². The lowest BCUT2D eigenvalue weighted by Gasteiger charge is -2.21. The second-order valence-corrected chi connectivity index (χ2v) is 3.51. The zero-order chi connectivity index (χ0) is 16.2. The summed E-state index contributed by atoms with van der Waals surface area (Å²) in [7, 11) is 0. The topological polar surface area (TPSA) is 161 Å². The average molecular weight is 296 g/mol. The summed E-state index contributed by atoms with van der Waals surface area (Å²) < 4.78 is 0. The number of carboxylic acids is 3. The minimum atomic E-state index is -2.01. The number of carboxylic acid groups (broad SMARTS) is 3. The number of nitrogens with zero attached hydrogens (tertiary/aromatic N) is 1. The zero-order valence-corrected chi connectivity index (χ0v) is 10.1. The number of carbonyl (C=O) groups excluding carboxylic acids is 2. The first-order valence-corrected chi connectivity index (χ1v) is 5.19. The van der Waals surface area contributed by atoms with Crippen LogP contribution in [0.25, 0.3) is 0 Å². The quantitative estimate of drug-likeness (QED) is 0.395. The van der Waals surface area contributed by atoms with E-state index in [1.54, 1.807) is 0 Å². The van der Waals surface area contributed by atoms with Gasteiger partial charge in [0.25, 0.3) is 0 Å². The summed E-state index contributed by atoms with van der Waals surface area (Å²) in [6.07, 6.45) is 0. The lowest BCUT2D eigenvalue weighted by molar-refractivity contribution is -0.152. The lowest BCUT2D eigenvalue weighted by atomic mass is 10.1. The molecule has 0 radical (unpaired) electrons. The van der Waals surface area contributed by atoms with Gasteiger partial charge < -0.3 is 15.3 Å². The fourth-order valence-corrected chi connectivity index (χ4v) is 1.31. The minimum Gasteiger partial charge on any atom is -0.478 e. The van der Waals surface area contributed by atoms with Crippen LogP contribution in [0, 0.1) is 0 Å². The molecule has 1 aromatic rings. The Kier molecular flexibility index (Phi) is 4.57. The van der Waals surface area contributed by atoms with Gasteiger partial charge in [-0.05, 0) is 12.1 Å². The third kappa shape index (κ3) is 3.53. The fourth-order valence-electron chi connectivity index (χ4n) is 1.31. The van der Waals surface area contributed by atoms with Crippen molar-refractivity contribution in [2.75, 3.05) is 5.01 Å². The molecule has 10 heteroatoms. The van der Waals surface area contributed by atoms with Gasteiger partial charge in [-0.1, -0.05) is 12.1 Å². The number of amides is 2. The number of aliphatic carboxylic acids is 2. The lowest BCUT2D eigenvalue weighted by Crippen LogP contribution is -2.51. The van der Waals surface area contributed by atoms with Crippen molar-refractivity contribution in [1.29, 1.82) is 0 Å². The monoisotopic (exact) mass is 296 g/mol. The molecule has 21 heavy (non-hydrogen) atoms. The number of anilines is 1. The number of hydrogen-bond acceptors (Lipinski definition) is 5. The smallest absolute Gasteiger partial charge is 0.396 e. The number of aromatic carboxylic acids is 1. The van der Waals surface area contributed by atoms with Gasteiger partial charge in [0.05, 0.1) is 11.3 Å². The third-order valence-electron chi connectivity index (χ3n) is 2.17. The van der Waals surface area contributed by atoms with Crippen molar-refractivity contribution in [3.8, 4) is 0 Å². The standard InChI is InChI=1S/C11H8N2O8/c14-7(10(18)19)12-13(8(15)11(20)21)6-4-2-1-3-5(6)9(16)17/h1-4H,(H,12,14)(H,16,17)(H,18,19)(H,20,21). The fraction of sp³-hybridized carbons (Fsp3) is 0. The Bertz CT molecular complexity index is 639. The summed E-state index contributed by atoms with van der Waals surface area (Å²) in [5.74, 6) is -8.92. The van der Waals surface area contributed by atoms with Gasteiger partial charge in [-0.25, -0.2) is 24.8 Å². The van der Waals surface area contributed by atoms with Crippen molar-refractivity contribution < 1.29 is 39.3 Å². The molecule has 0 aromatic heterocycles. The molecule has 0 saturated heterocycles. The van der Waals surface area contributed by atoms with Crippen LogP contribution in [0.5, 0.6) is 0 Å². The Hall–Kier alpha value is -3.43. The van der Waals surface area contributed by atoms with E-state index < -0.39 is 41.0 Å². The Morgan fingerprint density at radius 1 is 0.905 bits per heavy atom. The largest absolute Gasteiger partial charge is 0.478 e. The van der Waals surface area contributed by atoms with Gasteiger partial charge in [-0.3, -0.25) is 9.59 Å². The highest BCUT2D eigenvalue weighted by atomic mass is 16.4. The summed E-state index contributed by atoms with van der Waals surface area (Å²) in [4.78, 5) is 54.8. The van der Waals surface area contributed by atoms with Gasteiger partial charge in [-0.15, -0.1) is 0 Å². The number of benzene rings is 1. The zero-order valence-electron chi connectivity index (χ0n) is 10.1. The maximum Gasteiger partial charge on any atom is 0.396 e. The Morgan fingerprint density at radius 3 is 1.95 bits per heavy atom. The molecule has 10 nitrogen and oxygen atoms in total. The van der Waals surface area contributed by atoms with Crippen molar-refractivity contribution in [3.05, 3.63) is 29.8 Å². The van der Waals surface area contributed by atoms with Crippen LogP contribution in [-0.2, 0) is 19.2 Å². The SMILES string of the molecule is O=C(O)C(=O)NN(C(=O)C(=O)O)c1ccccc1C(=O)O. The number of carbonyl (C=O) groups is 5. The van der Waals surface area contributed by atoms with Crippen LogP contribution in [0.4, 0.5) is 5.69 Å². The highest BCUT2D eigenvalue weighted by Gasteiger charge is 2.29. The van der Waals surface area contributed by atoms with Crippen LogP contribution in [0.1, 0.15) is 10.4 Å². The molecular weight excluding hydrogens is 288 g/mol. The number of hydrazine groups is 1. The van der Waals surface area contributed by atoms with Crippen molar-refractivity contribution in [2.45, 2.75) is 0 Å². The molecule has 1 aromatic carbocycles. The molecular formula is C11H8N2O8. The van der Waals surface area contributed by atoms with Crippen LogP contribution < -0.4 is 10.4 Å². The predicted octanol–water partition coefficient (Wildman–Crippen LogP) is -1.08. The summed E-state index contributed by atoms with van der Waals surface area (Å²) in [5, 5.41) is 26.1. The first kappa shape index (κ1) is 15.6. The average Bonchev–Trinajstić information content (AvgIpc) is 2.43. The van der Waals surface area contributed by atoms with E-state index in [1.165, 1.54) is 17.6 Å². The number of para-hydroxylation sites is 1. The molecule has 4 N–H and O–H groups in total. The molecule has 110 valence electrons. The van der Waals surface area contributed by atoms with Crippen molar-refractivity contribution in [2.24, 2.45) is 0 Å². The van der Waals surface area contributed by atoms with E-state index in [9.17, 15) is 24.0 Å². The molecule has 1 rings (SSSR count). The van der Waals surface area contributed by atoms with E-state index in [0.717, 1.165) is 12.1 Å². The van der Waals surface area contributed by atoms with Gasteiger partial charge in [0, 0.05) is 0 Å². The normalized spacial score (nSPS) is 9.52. The van der Waals surface area contributed by atoms with Crippen molar-refractivity contribution in [1.82, 2.24) is 5.43 Å². The second kappa shape index (κ2) is 6.14. The molecule has 0 spiro atoms. The molecule has 0 saturated carbocycles. The maximum atomic E-state index is 11.5. The van der Waals surface area contributed by atoms with E-state index >= 15 is 0 Å². The second-order valence-electron chi connectivity index (χ2n) is 3.51. The van der Waals surface area contributed by atoms with Crippen LogP contribution in [0.2, 0.25) is 0 Å². The summed E-state index contributed by atoms with van der Waals surface area (Å²) >= 11 is 0. The molecule has 0 aliphatic carbocycles. The Morgan fingerprint density at radius 2 is 1.48 bits per heavy atom. The minimum absolute atomic E-state index is 0.0439. The third-order valence-corrected chi connectivity index (χ3v) is 2.17. The predicted molar refractivity (Wildman–Crippen MR) is 64.3 cm³/mol. The molecule has 0 aliphatic rings. The van der Waals surface area contributed by atoms with E-state index in [2.05, 4.69) is 0 Å². The van der Waals surface area contributed by atoms with Gasteiger partial charge in [0.15, 0.2) is 0 Å². The maximum absolute atomic E-state index is 11.5. The summed E-state index contributed by atoms with van der Waals surface area (Å²) in [5.41, 5.74) is 0.515. The highest BCUT2D eigenvalue weighted by molar-refractivity contribution is 6.39. The van der Waals surface area contributed by atoms with Crippen molar-refractivity contribution >= 4 is 35.4 Å². The molecule has 0 atom stereocenters. The van der Waals surface area contributed by atoms with E-state index in [1.807, 2.05) is 0 Å². The molecule has 0 heterocycles. The van der Waals surface area contributed by atoms with Crippen LogP contribution in [0.15, 0.2) is 24.3 Å². The summed E-state index contributed by atoms with van der Waals surface area (Å²) in [6, 6.07) is 4.66. The first-order valence-electron chi connectivity index (χ1n) is 5.19. The van der Waals surface area contributed by atoms with Crippen LogP contribution >= 0.6 is 0 Å². The van der Waals surface area contributed by atoms with Crippen LogP contribution in [0.3, 0.4) is 0 Å². The van der Waals surface area contributed by atoms with Crippen molar-refractivity contribution in [3.63, 3.8) is 0 Å². The Balaban J connectivity index is 3.34. The van der Waals surface area contributed by atoms with Gasteiger partial charge in [0.1, 0.15) is 0 Å². The summed E-state index contributed by atoms with van der Waals surface area (Å²) in [6.45, 7) is 0.